The quantitative estimate of drug-likeness (QED) is 0.133. The van der Waals surface area contributed by atoms with Crippen molar-refractivity contribution in [3.05, 3.63) is 70.8 Å². The normalized spacial score (nSPS) is 14.0. The lowest BCUT2D eigenvalue weighted by Crippen LogP contribution is -2.19. The highest BCUT2D eigenvalue weighted by atomic mass is 19.4. The molecule has 0 N–H and O–H groups in total. The molecule has 0 aliphatic rings. The smallest absolute Gasteiger partial charge is 0.417 e. The van der Waals surface area contributed by atoms with E-state index in [0.717, 1.165) is 11.6 Å². The van der Waals surface area contributed by atoms with Crippen molar-refractivity contribution < 1.29 is 27.4 Å². The number of hydrogen-bond acceptors (Lipinski definition) is 4. The van der Waals surface area contributed by atoms with Gasteiger partial charge in [-0.1, -0.05) is 70.2 Å². The maximum Gasteiger partial charge on any atom is 0.417 e. The van der Waals surface area contributed by atoms with Gasteiger partial charge in [0.05, 0.1) is 5.56 Å². The summed E-state index contributed by atoms with van der Waals surface area (Å²) in [5.41, 5.74) is 0.930. The SMILES string of the molecule is CCCC(=O)OC(C)O/C(=C(/C=N\C)c1ccc(C(C)(C)C)cc1)c1ccccc1C(F)(F)F. The number of alkyl halides is 3. The van der Waals surface area contributed by atoms with Crippen molar-refractivity contribution in [1.29, 1.82) is 0 Å². The summed E-state index contributed by atoms with van der Waals surface area (Å²) < 4.78 is 52.9. The predicted octanol–water partition coefficient (Wildman–Crippen LogP) is 7.28. The van der Waals surface area contributed by atoms with Gasteiger partial charge in [-0.25, -0.2) is 0 Å². The Morgan fingerprint density at radius 3 is 2.18 bits per heavy atom. The zero-order valence-corrected chi connectivity index (χ0v) is 20.5. The van der Waals surface area contributed by atoms with Crippen molar-refractivity contribution in [3.63, 3.8) is 0 Å². The van der Waals surface area contributed by atoms with Gasteiger partial charge < -0.3 is 9.47 Å². The van der Waals surface area contributed by atoms with E-state index < -0.39 is 24.0 Å². The average molecular weight is 476 g/mol. The second kappa shape index (κ2) is 11.4. The molecule has 2 aromatic carbocycles. The predicted molar refractivity (Wildman–Crippen MR) is 129 cm³/mol. The monoisotopic (exact) mass is 475 g/mol. The number of carbonyl (C=O) groups excluding carboxylic acids is 1. The van der Waals surface area contributed by atoms with Crippen molar-refractivity contribution in [1.82, 2.24) is 0 Å². The molecular formula is C27H32F3NO3. The van der Waals surface area contributed by atoms with E-state index in [2.05, 4.69) is 25.8 Å². The molecule has 34 heavy (non-hydrogen) atoms. The Bertz CT molecular complexity index is 1030. The molecule has 4 nitrogen and oxygen atoms in total. The summed E-state index contributed by atoms with van der Waals surface area (Å²) in [4.78, 5) is 16.0. The highest BCUT2D eigenvalue weighted by Gasteiger charge is 2.35. The van der Waals surface area contributed by atoms with E-state index >= 15 is 0 Å². The minimum Gasteiger partial charge on any atom is -0.454 e. The van der Waals surface area contributed by atoms with Crippen LogP contribution in [0.3, 0.4) is 0 Å². The molecule has 2 rings (SSSR count). The molecule has 184 valence electrons. The summed E-state index contributed by atoms with van der Waals surface area (Å²) in [7, 11) is 1.53. The molecule has 0 fully saturated rings. The lowest BCUT2D eigenvalue weighted by molar-refractivity contribution is -0.164. The van der Waals surface area contributed by atoms with Crippen molar-refractivity contribution in [2.45, 2.75) is 65.3 Å². The summed E-state index contributed by atoms with van der Waals surface area (Å²) in [6.45, 7) is 9.54. The summed E-state index contributed by atoms with van der Waals surface area (Å²) in [5.74, 6) is -0.558. The maximum atomic E-state index is 13.9. The van der Waals surface area contributed by atoms with Crippen LogP contribution in [0.2, 0.25) is 0 Å². The Morgan fingerprint density at radius 1 is 1.03 bits per heavy atom. The van der Waals surface area contributed by atoms with Crippen molar-refractivity contribution in [3.8, 4) is 0 Å². The van der Waals surface area contributed by atoms with Gasteiger partial charge in [0.1, 0.15) is 5.76 Å². The molecule has 0 radical (unpaired) electrons. The van der Waals surface area contributed by atoms with Crippen LogP contribution in [-0.2, 0) is 25.9 Å². The summed E-state index contributed by atoms with van der Waals surface area (Å²) in [6.07, 6.45) is -3.50. The largest absolute Gasteiger partial charge is 0.454 e. The Kier molecular flexibility index (Phi) is 9.07. The van der Waals surface area contributed by atoms with E-state index in [1.165, 1.54) is 38.4 Å². The number of carbonyl (C=O) groups is 1. The maximum absolute atomic E-state index is 13.9. The molecular weight excluding hydrogens is 443 g/mol. The molecule has 0 saturated heterocycles. The van der Waals surface area contributed by atoms with Gasteiger partial charge >= 0.3 is 12.1 Å². The molecule has 0 aliphatic heterocycles. The molecule has 0 bridgehead atoms. The molecule has 1 unspecified atom stereocenters. The number of halogens is 3. The third kappa shape index (κ3) is 7.20. The molecule has 0 heterocycles. The summed E-state index contributed by atoms with van der Waals surface area (Å²) >= 11 is 0. The van der Waals surface area contributed by atoms with Gasteiger partial charge in [0.15, 0.2) is 0 Å². The van der Waals surface area contributed by atoms with Crippen molar-refractivity contribution in [2.24, 2.45) is 4.99 Å². The molecule has 1 atom stereocenters. The van der Waals surface area contributed by atoms with E-state index in [4.69, 9.17) is 9.47 Å². The third-order valence-corrected chi connectivity index (χ3v) is 5.08. The standard InChI is InChI=1S/C27H32F3NO3/c1-7-10-24(32)33-18(2)34-25(21-11-8-9-12-23(21)27(28,29)30)22(17-31-6)19-13-15-20(16-14-19)26(3,4)5/h8-9,11-18H,7,10H2,1-6H3/b25-22-,31-17-. The van der Waals surface area contributed by atoms with Crippen LogP contribution in [0.25, 0.3) is 11.3 Å². The number of allylic oxidation sites excluding steroid dienone is 1. The lowest BCUT2D eigenvalue weighted by Gasteiger charge is -2.23. The topological polar surface area (TPSA) is 47.9 Å². The van der Waals surface area contributed by atoms with E-state index in [0.29, 0.717) is 17.6 Å². The number of rotatable bonds is 8. The van der Waals surface area contributed by atoms with Gasteiger partial charge in [0, 0.05) is 37.7 Å². The molecule has 0 saturated carbocycles. The lowest BCUT2D eigenvalue weighted by atomic mass is 9.86. The van der Waals surface area contributed by atoms with Crippen LogP contribution in [0.15, 0.2) is 53.5 Å². The zero-order valence-electron chi connectivity index (χ0n) is 20.5. The first-order valence-electron chi connectivity index (χ1n) is 11.2. The third-order valence-electron chi connectivity index (χ3n) is 5.08. The van der Waals surface area contributed by atoms with Crippen LogP contribution in [-0.4, -0.2) is 25.5 Å². The molecule has 2 aromatic rings. The first-order chi connectivity index (χ1) is 15.9. The Morgan fingerprint density at radius 2 is 1.65 bits per heavy atom. The van der Waals surface area contributed by atoms with E-state index in [1.54, 1.807) is 0 Å². The molecule has 0 aromatic heterocycles. The fraction of sp³-hybridized carbons (Fsp3) is 0.407. The van der Waals surface area contributed by atoms with Crippen LogP contribution < -0.4 is 0 Å². The van der Waals surface area contributed by atoms with Gasteiger partial charge in [-0.05, 0) is 29.0 Å². The Labute approximate surface area is 199 Å². The van der Waals surface area contributed by atoms with Gasteiger partial charge in [-0.3, -0.25) is 9.79 Å². The number of nitrogens with zero attached hydrogens (tertiary/aromatic N) is 1. The van der Waals surface area contributed by atoms with Crippen LogP contribution >= 0.6 is 0 Å². The summed E-state index contributed by atoms with van der Waals surface area (Å²) in [6, 6.07) is 12.7. The van der Waals surface area contributed by atoms with Crippen molar-refractivity contribution >= 4 is 23.5 Å². The van der Waals surface area contributed by atoms with Gasteiger partial charge in [0.25, 0.3) is 0 Å². The first kappa shape index (κ1) is 27.2. The van der Waals surface area contributed by atoms with E-state index in [1.807, 2.05) is 31.2 Å². The highest BCUT2D eigenvalue weighted by Crippen LogP contribution is 2.38. The fourth-order valence-corrected chi connectivity index (χ4v) is 3.38. The Balaban J connectivity index is 2.72. The fourth-order valence-electron chi connectivity index (χ4n) is 3.38. The van der Waals surface area contributed by atoms with Crippen LogP contribution in [0.1, 0.15) is 69.7 Å². The second-order valence-corrected chi connectivity index (χ2v) is 8.93. The minimum absolute atomic E-state index is 0.0705. The highest BCUT2D eigenvalue weighted by molar-refractivity contribution is 6.18. The van der Waals surface area contributed by atoms with Gasteiger partial charge in [-0.2, -0.15) is 13.2 Å². The zero-order chi connectivity index (χ0) is 25.5. The number of aliphatic imine (C=N–C) groups is 1. The molecule has 0 amide bonds. The average Bonchev–Trinajstić information content (AvgIpc) is 2.75. The van der Waals surface area contributed by atoms with Crippen LogP contribution in [0.4, 0.5) is 13.2 Å². The summed E-state index contributed by atoms with van der Waals surface area (Å²) in [5, 5.41) is 0. The van der Waals surface area contributed by atoms with E-state index in [-0.39, 0.29) is 23.2 Å². The minimum atomic E-state index is -4.61. The van der Waals surface area contributed by atoms with Gasteiger partial charge in [-0.15, -0.1) is 0 Å². The van der Waals surface area contributed by atoms with Gasteiger partial charge in [0.2, 0.25) is 6.29 Å². The second-order valence-electron chi connectivity index (χ2n) is 8.93. The first-order valence-corrected chi connectivity index (χ1v) is 11.2. The van der Waals surface area contributed by atoms with Crippen LogP contribution in [0, 0.1) is 0 Å². The van der Waals surface area contributed by atoms with Crippen molar-refractivity contribution in [2.75, 3.05) is 7.05 Å². The number of hydrogen-bond donors (Lipinski definition) is 0. The Hall–Kier alpha value is -3.09. The number of ether oxygens (including phenoxy) is 2. The molecule has 0 spiro atoms. The number of benzene rings is 2. The van der Waals surface area contributed by atoms with E-state index in [9.17, 15) is 18.0 Å². The molecule has 7 heteroatoms. The number of esters is 1. The molecule has 0 aliphatic carbocycles. The van der Waals surface area contributed by atoms with Crippen LogP contribution in [0.5, 0.6) is 0 Å².